The molecule has 3 heteroatoms. The van der Waals surface area contributed by atoms with Crippen molar-refractivity contribution in [3.05, 3.63) is 30.1 Å². The molecule has 3 nitrogen and oxygen atoms in total. The van der Waals surface area contributed by atoms with Gasteiger partial charge in [0.05, 0.1) is 0 Å². The molecule has 90 valence electrons. The van der Waals surface area contributed by atoms with Crippen LogP contribution >= 0.6 is 0 Å². The summed E-state index contributed by atoms with van der Waals surface area (Å²) in [4.78, 5) is 6.61. The van der Waals surface area contributed by atoms with Crippen LogP contribution in [0.1, 0.15) is 38.8 Å². The second kappa shape index (κ2) is 6.61. The highest BCUT2D eigenvalue weighted by Gasteiger charge is 2.21. The molecule has 0 bridgehead atoms. The third kappa shape index (κ3) is 3.03. The molecule has 1 rings (SSSR count). The van der Waals surface area contributed by atoms with Gasteiger partial charge in [0.25, 0.3) is 0 Å². The van der Waals surface area contributed by atoms with Crippen LogP contribution in [0.15, 0.2) is 24.5 Å². The topological polar surface area (TPSA) is 42.1 Å². The lowest BCUT2D eigenvalue weighted by atomic mass is 10.0. The molecule has 0 aromatic carbocycles. The number of rotatable bonds is 6. The van der Waals surface area contributed by atoms with Crippen molar-refractivity contribution in [2.75, 3.05) is 13.1 Å². The first-order valence-corrected chi connectivity index (χ1v) is 6.10. The second-order valence-corrected chi connectivity index (χ2v) is 4.13. The molecule has 1 aromatic heterocycles. The van der Waals surface area contributed by atoms with E-state index in [1.54, 1.807) is 6.20 Å². The lowest BCUT2D eigenvalue weighted by Crippen LogP contribution is -2.39. The zero-order valence-corrected chi connectivity index (χ0v) is 10.6. The summed E-state index contributed by atoms with van der Waals surface area (Å²) in [7, 11) is 0. The van der Waals surface area contributed by atoms with E-state index in [0.29, 0.717) is 12.6 Å². The van der Waals surface area contributed by atoms with E-state index in [-0.39, 0.29) is 6.04 Å². The maximum atomic E-state index is 5.90. The zero-order valence-electron chi connectivity index (χ0n) is 10.6. The summed E-state index contributed by atoms with van der Waals surface area (Å²) in [6.07, 6.45) is 4.86. The molecule has 16 heavy (non-hydrogen) atoms. The average Bonchev–Trinajstić information content (AvgIpc) is 2.36. The SMILES string of the molecule is CCC(C)N(CC)C(CN)c1cccnc1. The molecule has 2 atom stereocenters. The fraction of sp³-hybridized carbons (Fsp3) is 0.615. The molecular weight excluding hydrogens is 198 g/mol. The molecule has 0 aliphatic heterocycles. The van der Waals surface area contributed by atoms with Crippen LogP contribution in [0, 0.1) is 0 Å². The molecule has 0 saturated carbocycles. The Bertz CT molecular complexity index is 286. The Hall–Kier alpha value is -0.930. The van der Waals surface area contributed by atoms with Crippen molar-refractivity contribution in [2.24, 2.45) is 5.73 Å². The normalized spacial score (nSPS) is 15.1. The Balaban J connectivity index is 2.87. The van der Waals surface area contributed by atoms with Crippen LogP contribution < -0.4 is 5.73 Å². The van der Waals surface area contributed by atoms with Gasteiger partial charge in [-0.05, 0) is 31.5 Å². The van der Waals surface area contributed by atoms with Crippen molar-refractivity contribution >= 4 is 0 Å². The van der Waals surface area contributed by atoms with E-state index in [9.17, 15) is 0 Å². The van der Waals surface area contributed by atoms with Crippen LogP contribution in [0.5, 0.6) is 0 Å². The molecule has 1 aromatic rings. The molecule has 0 spiro atoms. The largest absolute Gasteiger partial charge is 0.329 e. The van der Waals surface area contributed by atoms with Gasteiger partial charge in [-0.25, -0.2) is 0 Å². The highest BCUT2D eigenvalue weighted by molar-refractivity contribution is 5.14. The van der Waals surface area contributed by atoms with Gasteiger partial charge in [-0.3, -0.25) is 9.88 Å². The molecule has 0 saturated heterocycles. The van der Waals surface area contributed by atoms with Crippen molar-refractivity contribution in [3.8, 4) is 0 Å². The smallest absolute Gasteiger partial charge is 0.0488 e. The van der Waals surface area contributed by atoms with Crippen LogP contribution in [-0.2, 0) is 0 Å². The number of hydrogen-bond donors (Lipinski definition) is 1. The molecular formula is C13H23N3. The Labute approximate surface area is 98.7 Å². The number of nitrogens with zero attached hydrogens (tertiary/aromatic N) is 2. The summed E-state index contributed by atoms with van der Waals surface area (Å²) < 4.78 is 0. The fourth-order valence-electron chi connectivity index (χ4n) is 2.11. The van der Waals surface area contributed by atoms with Crippen LogP contribution in [0.2, 0.25) is 0 Å². The highest BCUT2D eigenvalue weighted by atomic mass is 15.2. The summed E-state index contributed by atoms with van der Waals surface area (Å²) in [6.45, 7) is 8.31. The first-order chi connectivity index (χ1) is 7.74. The van der Waals surface area contributed by atoms with Gasteiger partial charge in [-0.2, -0.15) is 0 Å². The molecule has 0 aliphatic carbocycles. The Morgan fingerprint density at radius 3 is 2.62 bits per heavy atom. The predicted octanol–water partition coefficient (Wildman–Crippen LogP) is 2.20. The summed E-state index contributed by atoms with van der Waals surface area (Å²) in [5.74, 6) is 0. The van der Waals surface area contributed by atoms with Crippen LogP contribution in [-0.4, -0.2) is 29.0 Å². The third-order valence-electron chi connectivity index (χ3n) is 3.21. The van der Waals surface area contributed by atoms with E-state index >= 15 is 0 Å². The molecule has 1 heterocycles. The van der Waals surface area contributed by atoms with E-state index in [2.05, 4.69) is 36.7 Å². The van der Waals surface area contributed by atoms with E-state index in [4.69, 9.17) is 5.73 Å². The van der Waals surface area contributed by atoms with Gasteiger partial charge in [-0.1, -0.05) is 19.9 Å². The monoisotopic (exact) mass is 221 g/mol. The molecule has 2 unspecified atom stereocenters. The van der Waals surface area contributed by atoms with E-state index < -0.39 is 0 Å². The Morgan fingerprint density at radius 1 is 1.44 bits per heavy atom. The maximum Gasteiger partial charge on any atom is 0.0488 e. The Kier molecular flexibility index (Phi) is 5.43. The van der Waals surface area contributed by atoms with Crippen LogP contribution in [0.25, 0.3) is 0 Å². The highest BCUT2D eigenvalue weighted by Crippen LogP contribution is 2.21. The average molecular weight is 221 g/mol. The minimum atomic E-state index is 0.286. The van der Waals surface area contributed by atoms with Gasteiger partial charge < -0.3 is 5.73 Å². The first-order valence-electron chi connectivity index (χ1n) is 6.10. The number of aromatic nitrogens is 1. The lowest BCUT2D eigenvalue weighted by Gasteiger charge is -2.34. The van der Waals surface area contributed by atoms with Gasteiger partial charge in [0.2, 0.25) is 0 Å². The summed E-state index contributed by atoms with van der Waals surface area (Å²) in [5, 5.41) is 0. The van der Waals surface area contributed by atoms with Crippen molar-refractivity contribution < 1.29 is 0 Å². The van der Waals surface area contributed by atoms with E-state index in [0.717, 1.165) is 13.0 Å². The van der Waals surface area contributed by atoms with Gasteiger partial charge >= 0.3 is 0 Å². The molecule has 0 amide bonds. The van der Waals surface area contributed by atoms with Crippen molar-refractivity contribution in [3.63, 3.8) is 0 Å². The number of nitrogens with two attached hydrogens (primary N) is 1. The lowest BCUT2D eigenvalue weighted by molar-refractivity contribution is 0.152. The minimum Gasteiger partial charge on any atom is -0.329 e. The summed E-state index contributed by atoms with van der Waals surface area (Å²) in [5.41, 5.74) is 7.12. The Morgan fingerprint density at radius 2 is 2.19 bits per heavy atom. The molecule has 0 fully saturated rings. The molecule has 2 N–H and O–H groups in total. The number of hydrogen-bond acceptors (Lipinski definition) is 3. The van der Waals surface area contributed by atoms with Gasteiger partial charge in [0, 0.05) is 31.0 Å². The maximum absolute atomic E-state index is 5.90. The van der Waals surface area contributed by atoms with Crippen molar-refractivity contribution in [1.82, 2.24) is 9.88 Å². The summed E-state index contributed by atoms with van der Waals surface area (Å²) >= 11 is 0. The molecule has 0 radical (unpaired) electrons. The van der Waals surface area contributed by atoms with E-state index in [1.165, 1.54) is 5.56 Å². The van der Waals surface area contributed by atoms with Crippen LogP contribution in [0.4, 0.5) is 0 Å². The predicted molar refractivity (Wildman–Crippen MR) is 68.2 cm³/mol. The van der Waals surface area contributed by atoms with Gasteiger partial charge in [-0.15, -0.1) is 0 Å². The zero-order chi connectivity index (χ0) is 12.0. The summed E-state index contributed by atoms with van der Waals surface area (Å²) in [6, 6.07) is 4.92. The first kappa shape index (κ1) is 13.1. The third-order valence-corrected chi connectivity index (χ3v) is 3.21. The van der Waals surface area contributed by atoms with Crippen molar-refractivity contribution in [2.45, 2.75) is 39.3 Å². The number of likely N-dealkylation sites (N-methyl/N-ethyl adjacent to an activating group) is 1. The minimum absolute atomic E-state index is 0.286. The standard InChI is InChI=1S/C13H23N3/c1-4-11(3)16(5-2)13(9-14)12-7-6-8-15-10-12/h6-8,10-11,13H,4-5,9,14H2,1-3H3. The van der Waals surface area contributed by atoms with Gasteiger partial charge in [0.15, 0.2) is 0 Å². The van der Waals surface area contributed by atoms with Crippen LogP contribution in [0.3, 0.4) is 0 Å². The quantitative estimate of drug-likeness (QED) is 0.800. The number of pyridine rings is 1. The van der Waals surface area contributed by atoms with E-state index in [1.807, 2.05) is 12.3 Å². The van der Waals surface area contributed by atoms with Crippen molar-refractivity contribution in [1.29, 1.82) is 0 Å². The second-order valence-electron chi connectivity index (χ2n) is 4.13. The van der Waals surface area contributed by atoms with Gasteiger partial charge in [0.1, 0.15) is 0 Å². The fourth-order valence-corrected chi connectivity index (χ4v) is 2.11. The molecule has 0 aliphatic rings.